The third kappa shape index (κ3) is 3.41. The second kappa shape index (κ2) is 6.91. The number of likely N-dealkylation sites (N-methyl/N-ethyl adjacent to an activating group) is 1. The first-order chi connectivity index (χ1) is 9.65. The first kappa shape index (κ1) is 15.1. The average molecular weight is 334 g/mol. The summed E-state index contributed by atoms with van der Waals surface area (Å²) in [6.45, 7) is 2.15. The van der Waals surface area contributed by atoms with Crippen LogP contribution < -0.4 is 10.1 Å². The van der Waals surface area contributed by atoms with Gasteiger partial charge in [0.25, 0.3) is 0 Å². The number of ether oxygens (including phenoxy) is 1. The van der Waals surface area contributed by atoms with Crippen LogP contribution in [0, 0.1) is 6.92 Å². The molecule has 20 heavy (non-hydrogen) atoms. The van der Waals surface area contributed by atoms with E-state index in [-0.39, 0.29) is 6.04 Å². The first-order valence-electron chi connectivity index (χ1n) is 6.71. The van der Waals surface area contributed by atoms with E-state index in [9.17, 15) is 0 Å². The van der Waals surface area contributed by atoms with Gasteiger partial charge >= 0.3 is 0 Å². The van der Waals surface area contributed by atoms with Crippen molar-refractivity contribution in [2.45, 2.75) is 19.4 Å². The molecule has 0 aliphatic rings. The van der Waals surface area contributed by atoms with Gasteiger partial charge in [-0.15, -0.1) is 0 Å². The van der Waals surface area contributed by atoms with Crippen LogP contribution in [0.2, 0.25) is 0 Å². The molecule has 2 aromatic carbocycles. The van der Waals surface area contributed by atoms with Crippen molar-refractivity contribution in [2.24, 2.45) is 0 Å². The summed E-state index contributed by atoms with van der Waals surface area (Å²) in [4.78, 5) is 0. The zero-order chi connectivity index (χ0) is 14.5. The summed E-state index contributed by atoms with van der Waals surface area (Å²) in [6, 6.07) is 14.9. The number of rotatable bonds is 5. The van der Waals surface area contributed by atoms with Gasteiger partial charge in [-0.3, -0.25) is 0 Å². The van der Waals surface area contributed by atoms with Crippen LogP contribution in [0.4, 0.5) is 0 Å². The Morgan fingerprint density at radius 1 is 1.20 bits per heavy atom. The third-order valence-electron chi connectivity index (χ3n) is 3.60. The molecule has 2 aromatic rings. The van der Waals surface area contributed by atoms with E-state index in [0.29, 0.717) is 0 Å². The Morgan fingerprint density at radius 2 is 1.95 bits per heavy atom. The molecule has 3 heteroatoms. The van der Waals surface area contributed by atoms with Gasteiger partial charge in [-0.2, -0.15) is 0 Å². The molecule has 1 unspecified atom stereocenters. The highest BCUT2D eigenvalue weighted by atomic mass is 79.9. The Hall–Kier alpha value is -1.32. The molecule has 0 saturated heterocycles. The first-order valence-corrected chi connectivity index (χ1v) is 7.50. The molecule has 106 valence electrons. The average Bonchev–Trinajstić information content (AvgIpc) is 2.46. The number of halogens is 1. The molecule has 0 aliphatic heterocycles. The van der Waals surface area contributed by atoms with Crippen LogP contribution in [0.25, 0.3) is 0 Å². The van der Waals surface area contributed by atoms with E-state index in [1.165, 1.54) is 16.7 Å². The smallest absolute Gasteiger partial charge is 0.123 e. The molecule has 1 N–H and O–H groups in total. The Bertz CT molecular complexity index is 583. The lowest BCUT2D eigenvalue weighted by atomic mass is 9.95. The number of hydrogen-bond acceptors (Lipinski definition) is 2. The van der Waals surface area contributed by atoms with E-state index in [1.54, 1.807) is 7.11 Å². The summed E-state index contributed by atoms with van der Waals surface area (Å²) in [6.07, 6.45) is 0.940. The van der Waals surface area contributed by atoms with Crippen molar-refractivity contribution in [1.82, 2.24) is 5.32 Å². The van der Waals surface area contributed by atoms with Gasteiger partial charge in [0.2, 0.25) is 0 Å². The van der Waals surface area contributed by atoms with E-state index in [2.05, 4.69) is 58.5 Å². The second-order valence-electron chi connectivity index (χ2n) is 4.86. The molecule has 0 aromatic heterocycles. The number of nitrogens with one attached hydrogen (secondary N) is 1. The number of methoxy groups -OCH3 is 1. The van der Waals surface area contributed by atoms with Crippen LogP contribution in [0.1, 0.15) is 22.7 Å². The highest BCUT2D eigenvalue weighted by molar-refractivity contribution is 9.10. The van der Waals surface area contributed by atoms with Crippen molar-refractivity contribution in [3.8, 4) is 5.75 Å². The topological polar surface area (TPSA) is 21.3 Å². The molecule has 0 fully saturated rings. The quantitative estimate of drug-likeness (QED) is 0.882. The van der Waals surface area contributed by atoms with E-state index in [0.717, 1.165) is 16.6 Å². The van der Waals surface area contributed by atoms with Crippen LogP contribution >= 0.6 is 15.9 Å². The highest BCUT2D eigenvalue weighted by Crippen LogP contribution is 2.30. The van der Waals surface area contributed by atoms with E-state index in [1.807, 2.05) is 19.2 Å². The van der Waals surface area contributed by atoms with Gasteiger partial charge in [-0.25, -0.2) is 0 Å². The lowest BCUT2D eigenvalue weighted by Crippen LogP contribution is -2.20. The number of benzene rings is 2. The predicted molar refractivity (Wildman–Crippen MR) is 87.4 cm³/mol. The van der Waals surface area contributed by atoms with E-state index < -0.39 is 0 Å². The van der Waals surface area contributed by atoms with Crippen LogP contribution in [-0.4, -0.2) is 14.2 Å². The molecule has 0 spiro atoms. The maximum atomic E-state index is 5.49. The van der Waals surface area contributed by atoms with Gasteiger partial charge in [0.05, 0.1) is 7.11 Å². The fraction of sp³-hybridized carbons (Fsp3) is 0.294. The van der Waals surface area contributed by atoms with Crippen molar-refractivity contribution >= 4 is 15.9 Å². The predicted octanol–water partition coefficient (Wildman–Crippen LogP) is 4.27. The summed E-state index contributed by atoms with van der Waals surface area (Å²) >= 11 is 3.54. The maximum absolute atomic E-state index is 5.49. The highest BCUT2D eigenvalue weighted by Gasteiger charge is 2.16. The van der Waals surface area contributed by atoms with Gasteiger partial charge in [-0.05, 0) is 49.7 Å². The van der Waals surface area contributed by atoms with Crippen molar-refractivity contribution < 1.29 is 4.74 Å². The second-order valence-corrected chi connectivity index (χ2v) is 5.77. The number of aryl methyl sites for hydroxylation is 1. The van der Waals surface area contributed by atoms with Crippen molar-refractivity contribution in [3.05, 3.63) is 63.6 Å². The Morgan fingerprint density at radius 3 is 2.60 bits per heavy atom. The normalized spacial score (nSPS) is 12.2. The zero-order valence-corrected chi connectivity index (χ0v) is 13.7. The number of hydrogen-bond donors (Lipinski definition) is 1. The molecular weight excluding hydrogens is 314 g/mol. The molecule has 0 amide bonds. The van der Waals surface area contributed by atoms with Crippen molar-refractivity contribution in [1.29, 1.82) is 0 Å². The molecular formula is C17H20BrNO. The molecule has 0 saturated carbocycles. The Kier molecular flexibility index (Phi) is 5.21. The maximum Gasteiger partial charge on any atom is 0.123 e. The molecule has 0 bridgehead atoms. The van der Waals surface area contributed by atoms with Gasteiger partial charge in [-0.1, -0.05) is 40.2 Å². The zero-order valence-electron chi connectivity index (χ0n) is 12.1. The fourth-order valence-electron chi connectivity index (χ4n) is 2.40. The van der Waals surface area contributed by atoms with Gasteiger partial charge in [0.15, 0.2) is 0 Å². The van der Waals surface area contributed by atoms with Gasteiger partial charge in [0.1, 0.15) is 5.75 Å². The van der Waals surface area contributed by atoms with Crippen LogP contribution in [0.5, 0.6) is 5.75 Å². The SMILES string of the molecule is CNC(Cc1ccccc1C)c1cc(Br)ccc1OC. The minimum atomic E-state index is 0.226. The fourth-order valence-corrected chi connectivity index (χ4v) is 2.78. The monoisotopic (exact) mass is 333 g/mol. The lowest BCUT2D eigenvalue weighted by Gasteiger charge is -2.20. The third-order valence-corrected chi connectivity index (χ3v) is 4.09. The van der Waals surface area contributed by atoms with E-state index >= 15 is 0 Å². The standard InChI is InChI=1S/C17H20BrNO/c1-12-6-4-5-7-13(12)10-16(19-2)15-11-14(18)8-9-17(15)20-3/h4-9,11,16,19H,10H2,1-3H3. The minimum Gasteiger partial charge on any atom is -0.496 e. The van der Waals surface area contributed by atoms with Crippen LogP contribution in [0.15, 0.2) is 46.9 Å². The lowest BCUT2D eigenvalue weighted by molar-refractivity contribution is 0.401. The van der Waals surface area contributed by atoms with Crippen LogP contribution in [0.3, 0.4) is 0 Å². The summed E-state index contributed by atoms with van der Waals surface area (Å²) < 4.78 is 6.56. The molecule has 0 radical (unpaired) electrons. The molecule has 2 rings (SSSR count). The summed E-state index contributed by atoms with van der Waals surface area (Å²) in [5, 5.41) is 3.40. The Labute approximate surface area is 129 Å². The molecule has 0 heterocycles. The summed E-state index contributed by atoms with van der Waals surface area (Å²) in [5.41, 5.74) is 3.85. The minimum absolute atomic E-state index is 0.226. The summed E-state index contributed by atoms with van der Waals surface area (Å²) in [5.74, 6) is 0.918. The van der Waals surface area contributed by atoms with Crippen molar-refractivity contribution in [2.75, 3.05) is 14.2 Å². The molecule has 2 nitrogen and oxygen atoms in total. The Balaban J connectivity index is 2.33. The largest absolute Gasteiger partial charge is 0.496 e. The summed E-state index contributed by atoms with van der Waals surface area (Å²) in [7, 11) is 3.70. The van der Waals surface area contributed by atoms with Gasteiger partial charge in [0, 0.05) is 16.1 Å². The van der Waals surface area contributed by atoms with Crippen molar-refractivity contribution in [3.63, 3.8) is 0 Å². The van der Waals surface area contributed by atoms with Crippen LogP contribution in [-0.2, 0) is 6.42 Å². The van der Waals surface area contributed by atoms with E-state index in [4.69, 9.17) is 4.74 Å². The van der Waals surface area contributed by atoms with Gasteiger partial charge < -0.3 is 10.1 Å². The molecule has 0 aliphatic carbocycles. The molecule has 1 atom stereocenters.